The molecule has 2 rings (SSSR count). The Morgan fingerprint density at radius 3 is 2.33 bits per heavy atom. The number of hydrogen-bond acceptors (Lipinski definition) is 3. The summed E-state index contributed by atoms with van der Waals surface area (Å²) in [7, 11) is 0. The molecular weight excluding hydrogens is 288 g/mol. The summed E-state index contributed by atoms with van der Waals surface area (Å²) in [6.07, 6.45) is 0. The summed E-state index contributed by atoms with van der Waals surface area (Å²) < 4.78 is 55.5. The van der Waals surface area contributed by atoms with E-state index < -0.39 is 24.3 Å². The highest BCUT2D eigenvalue weighted by molar-refractivity contribution is 5.41. The fourth-order valence-corrected chi connectivity index (χ4v) is 1.98. The van der Waals surface area contributed by atoms with E-state index in [-0.39, 0.29) is 16.9 Å². The Morgan fingerprint density at radius 2 is 1.71 bits per heavy atom. The first kappa shape index (κ1) is 15.3. The normalized spacial score (nSPS) is 12.5. The summed E-state index contributed by atoms with van der Waals surface area (Å²) in [5.41, 5.74) is 2.94. The van der Waals surface area contributed by atoms with Crippen molar-refractivity contribution >= 4 is 0 Å². The number of halogens is 4. The van der Waals surface area contributed by atoms with Gasteiger partial charge in [-0.1, -0.05) is 24.3 Å². The van der Waals surface area contributed by atoms with Gasteiger partial charge in [-0.15, -0.1) is 0 Å². The number of para-hydroxylation sites is 1. The van der Waals surface area contributed by atoms with Crippen LogP contribution in [0.4, 0.5) is 17.6 Å². The molecule has 0 aliphatic carbocycles. The number of nitrogens with two attached hydrogens (primary N) is 1. The van der Waals surface area contributed by atoms with Crippen LogP contribution in [-0.4, -0.2) is 6.61 Å². The van der Waals surface area contributed by atoms with Gasteiger partial charge in [-0.3, -0.25) is 5.84 Å². The van der Waals surface area contributed by atoms with E-state index in [1.54, 1.807) is 6.07 Å². The predicted molar refractivity (Wildman–Crippen MR) is 68.6 cm³/mol. The van der Waals surface area contributed by atoms with Gasteiger partial charge in [-0.2, -0.15) is 8.78 Å². The molecule has 0 bridgehead atoms. The highest BCUT2D eigenvalue weighted by Gasteiger charge is 2.20. The topological polar surface area (TPSA) is 47.3 Å². The molecule has 0 radical (unpaired) electrons. The minimum absolute atomic E-state index is 0.0971. The molecule has 0 saturated carbocycles. The van der Waals surface area contributed by atoms with Gasteiger partial charge >= 0.3 is 6.61 Å². The van der Waals surface area contributed by atoms with E-state index in [0.29, 0.717) is 0 Å². The van der Waals surface area contributed by atoms with Crippen LogP contribution in [0, 0.1) is 11.6 Å². The molecule has 0 aliphatic heterocycles. The minimum Gasteiger partial charge on any atom is -0.434 e. The van der Waals surface area contributed by atoms with Gasteiger partial charge in [0, 0.05) is 5.56 Å². The SMILES string of the molecule is NNC(c1ccc(F)c(F)c1)c1ccccc1OC(F)F. The third-order valence-electron chi connectivity index (χ3n) is 2.89. The lowest BCUT2D eigenvalue weighted by Crippen LogP contribution is -2.29. The van der Waals surface area contributed by atoms with Crippen molar-refractivity contribution in [3.8, 4) is 5.75 Å². The Hall–Kier alpha value is -2.12. The fraction of sp³-hybridized carbons (Fsp3) is 0.143. The third-order valence-corrected chi connectivity index (χ3v) is 2.89. The first-order chi connectivity index (χ1) is 10.0. The molecule has 0 fully saturated rings. The Labute approximate surface area is 118 Å². The molecule has 7 heteroatoms. The van der Waals surface area contributed by atoms with Crippen LogP contribution in [-0.2, 0) is 0 Å². The standard InChI is InChI=1S/C14H12F4N2O/c15-10-6-5-8(7-11(10)16)13(20-19)9-3-1-2-4-12(9)21-14(17)18/h1-7,13-14,20H,19H2. The van der Waals surface area contributed by atoms with E-state index in [4.69, 9.17) is 5.84 Å². The van der Waals surface area contributed by atoms with Gasteiger partial charge in [0.25, 0.3) is 0 Å². The highest BCUT2D eigenvalue weighted by atomic mass is 19.3. The average Bonchev–Trinajstić information content (AvgIpc) is 2.44. The molecule has 3 N–H and O–H groups in total. The molecule has 3 nitrogen and oxygen atoms in total. The first-order valence-electron chi connectivity index (χ1n) is 5.97. The number of rotatable bonds is 5. The van der Waals surface area contributed by atoms with Gasteiger partial charge in [-0.05, 0) is 23.8 Å². The van der Waals surface area contributed by atoms with Gasteiger partial charge in [0.2, 0.25) is 0 Å². The first-order valence-corrected chi connectivity index (χ1v) is 5.97. The van der Waals surface area contributed by atoms with E-state index >= 15 is 0 Å². The maximum absolute atomic E-state index is 13.3. The zero-order chi connectivity index (χ0) is 15.4. The summed E-state index contributed by atoms with van der Waals surface area (Å²) >= 11 is 0. The smallest absolute Gasteiger partial charge is 0.387 e. The van der Waals surface area contributed by atoms with Crippen LogP contribution in [0.25, 0.3) is 0 Å². The lowest BCUT2D eigenvalue weighted by molar-refractivity contribution is -0.0506. The molecular formula is C14H12F4N2O. The Balaban J connectivity index is 2.43. The summed E-state index contributed by atoms with van der Waals surface area (Å²) in [5.74, 6) is 3.26. The molecule has 1 atom stereocenters. The minimum atomic E-state index is -3.01. The van der Waals surface area contributed by atoms with Crippen LogP contribution in [0.2, 0.25) is 0 Å². The van der Waals surface area contributed by atoms with Crippen molar-refractivity contribution in [3.05, 3.63) is 65.2 Å². The molecule has 0 spiro atoms. The van der Waals surface area contributed by atoms with Crippen molar-refractivity contribution in [2.45, 2.75) is 12.7 Å². The molecule has 0 saturated heterocycles. The molecule has 0 amide bonds. The van der Waals surface area contributed by atoms with E-state index in [1.165, 1.54) is 24.3 Å². The van der Waals surface area contributed by atoms with Crippen molar-refractivity contribution in [2.75, 3.05) is 0 Å². The van der Waals surface area contributed by atoms with E-state index in [1.807, 2.05) is 0 Å². The summed E-state index contributed by atoms with van der Waals surface area (Å²) in [6, 6.07) is 8.31. The average molecular weight is 300 g/mol. The molecule has 112 valence electrons. The summed E-state index contributed by atoms with van der Waals surface area (Å²) in [5, 5.41) is 0. The molecule has 21 heavy (non-hydrogen) atoms. The van der Waals surface area contributed by atoms with Gasteiger partial charge in [-0.25, -0.2) is 14.2 Å². The monoisotopic (exact) mass is 300 g/mol. The number of hydrogen-bond donors (Lipinski definition) is 2. The Morgan fingerprint density at radius 1 is 1.00 bits per heavy atom. The maximum atomic E-state index is 13.3. The van der Waals surface area contributed by atoms with E-state index in [9.17, 15) is 17.6 Å². The second-order valence-corrected chi connectivity index (χ2v) is 4.19. The number of hydrazine groups is 1. The largest absolute Gasteiger partial charge is 0.434 e. The van der Waals surface area contributed by atoms with Crippen molar-refractivity contribution in [1.29, 1.82) is 0 Å². The third kappa shape index (κ3) is 3.50. The summed E-state index contributed by atoms with van der Waals surface area (Å²) in [6.45, 7) is -3.01. The Bertz CT molecular complexity index is 622. The maximum Gasteiger partial charge on any atom is 0.387 e. The molecule has 0 heterocycles. The number of ether oxygens (including phenoxy) is 1. The lowest BCUT2D eigenvalue weighted by Gasteiger charge is -2.20. The van der Waals surface area contributed by atoms with Crippen LogP contribution < -0.4 is 16.0 Å². The zero-order valence-corrected chi connectivity index (χ0v) is 10.7. The molecule has 2 aromatic rings. The number of nitrogens with one attached hydrogen (secondary N) is 1. The van der Waals surface area contributed by atoms with E-state index in [2.05, 4.69) is 10.2 Å². The van der Waals surface area contributed by atoms with Crippen LogP contribution in [0.3, 0.4) is 0 Å². The van der Waals surface area contributed by atoms with Gasteiger partial charge in [0.1, 0.15) is 5.75 Å². The second-order valence-electron chi connectivity index (χ2n) is 4.19. The van der Waals surface area contributed by atoms with Crippen molar-refractivity contribution in [1.82, 2.24) is 5.43 Å². The molecule has 0 aromatic heterocycles. The molecule has 2 aromatic carbocycles. The Kier molecular flexibility index (Phi) is 4.77. The van der Waals surface area contributed by atoms with Gasteiger partial charge in [0.15, 0.2) is 11.6 Å². The van der Waals surface area contributed by atoms with Crippen LogP contribution in [0.1, 0.15) is 17.2 Å². The van der Waals surface area contributed by atoms with Gasteiger partial charge < -0.3 is 4.74 Å². The fourth-order valence-electron chi connectivity index (χ4n) is 1.98. The lowest BCUT2D eigenvalue weighted by atomic mass is 9.98. The molecule has 1 unspecified atom stereocenters. The summed E-state index contributed by atoms with van der Waals surface area (Å²) in [4.78, 5) is 0. The van der Waals surface area contributed by atoms with Crippen molar-refractivity contribution in [3.63, 3.8) is 0 Å². The number of benzene rings is 2. The quantitative estimate of drug-likeness (QED) is 0.507. The predicted octanol–water partition coefficient (Wildman–Crippen LogP) is 3.12. The van der Waals surface area contributed by atoms with E-state index in [0.717, 1.165) is 12.1 Å². The number of alkyl halides is 2. The van der Waals surface area contributed by atoms with Crippen LogP contribution >= 0.6 is 0 Å². The second kappa shape index (κ2) is 6.55. The van der Waals surface area contributed by atoms with Gasteiger partial charge in [0.05, 0.1) is 6.04 Å². The van der Waals surface area contributed by atoms with Crippen molar-refractivity contribution in [2.24, 2.45) is 5.84 Å². The van der Waals surface area contributed by atoms with Crippen molar-refractivity contribution < 1.29 is 22.3 Å². The van der Waals surface area contributed by atoms with Crippen LogP contribution in [0.5, 0.6) is 5.75 Å². The molecule has 0 aliphatic rings. The highest BCUT2D eigenvalue weighted by Crippen LogP contribution is 2.31. The van der Waals surface area contributed by atoms with Crippen LogP contribution in [0.15, 0.2) is 42.5 Å². The zero-order valence-electron chi connectivity index (χ0n) is 10.7.